The first-order chi connectivity index (χ1) is 14.4. The number of fused-ring (bicyclic) bond motifs is 1. The van der Waals surface area contributed by atoms with Crippen LogP contribution in [0.25, 0.3) is 0 Å². The van der Waals surface area contributed by atoms with Crippen molar-refractivity contribution in [3.63, 3.8) is 0 Å². The monoisotopic (exact) mass is 443 g/mol. The van der Waals surface area contributed by atoms with Gasteiger partial charge in [0.1, 0.15) is 24.7 Å². The van der Waals surface area contributed by atoms with Gasteiger partial charge in [0.2, 0.25) is 0 Å². The number of alkyl halides is 3. The predicted octanol–water partition coefficient (Wildman–Crippen LogP) is 5.48. The number of amides is 1. The summed E-state index contributed by atoms with van der Waals surface area (Å²) in [4.78, 5) is 16.9. The van der Waals surface area contributed by atoms with Crippen molar-refractivity contribution in [3.05, 3.63) is 35.4 Å². The minimum Gasteiger partial charge on any atom is -0.444 e. The first kappa shape index (κ1) is 23.9. The van der Waals surface area contributed by atoms with Gasteiger partial charge in [0.25, 0.3) is 0 Å². The maximum Gasteiger partial charge on any atom is 0.568 e. The second-order valence-corrected chi connectivity index (χ2v) is 9.89. The number of hydrogen-bond acceptors (Lipinski definition) is 3. The fourth-order valence-electron chi connectivity index (χ4n) is 4.95. The number of ether oxygens (including phenoxy) is 1. The van der Waals surface area contributed by atoms with Crippen molar-refractivity contribution in [3.8, 4) is 0 Å². The van der Waals surface area contributed by atoms with Crippen molar-refractivity contribution in [1.29, 1.82) is 0 Å². The van der Waals surface area contributed by atoms with Crippen LogP contribution in [0.15, 0.2) is 24.3 Å². The highest BCUT2D eigenvalue weighted by atomic mass is 19.4. The van der Waals surface area contributed by atoms with E-state index in [1.165, 1.54) is 0 Å². The Kier molecular flexibility index (Phi) is 6.91. The molecule has 31 heavy (non-hydrogen) atoms. The van der Waals surface area contributed by atoms with Crippen LogP contribution in [-0.4, -0.2) is 41.3 Å². The van der Waals surface area contributed by atoms with Gasteiger partial charge in [0.15, 0.2) is 0 Å². The summed E-state index contributed by atoms with van der Waals surface area (Å²) in [6, 6.07) is 7.34. The summed E-state index contributed by atoms with van der Waals surface area (Å²) in [6.45, 7) is 7.83. The summed E-state index contributed by atoms with van der Waals surface area (Å²) < 4.78 is 45.2. The number of nitrogens with one attached hydrogen (secondary N) is 1. The molecule has 1 aromatic rings. The molecule has 174 valence electrons. The highest BCUT2D eigenvalue weighted by molar-refractivity contribution is 5.68. The van der Waals surface area contributed by atoms with Gasteiger partial charge in [0, 0.05) is 23.9 Å². The first-order valence-corrected chi connectivity index (χ1v) is 11.1. The molecule has 5 nitrogen and oxygen atoms in total. The number of halogens is 3. The summed E-state index contributed by atoms with van der Waals surface area (Å²) in [7, 11) is 0. The molecule has 2 atom stereocenters. The fraction of sp³-hybridized carbons (Fsp3) is 0.696. The Morgan fingerprint density at radius 1 is 1.10 bits per heavy atom. The molecule has 0 radical (unpaired) electrons. The molecule has 8 heteroatoms. The largest absolute Gasteiger partial charge is 0.568 e. The normalized spacial score (nSPS) is 27.8. The van der Waals surface area contributed by atoms with Gasteiger partial charge in [-0.3, -0.25) is 0 Å². The average molecular weight is 444 g/mol. The van der Waals surface area contributed by atoms with E-state index in [-0.39, 0.29) is 24.5 Å². The number of hydrogen-bond donors (Lipinski definition) is 1. The van der Waals surface area contributed by atoms with Crippen LogP contribution in [0.3, 0.4) is 0 Å². The Hall–Kier alpha value is -1.80. The van der Waals surface area contributed by atoms with E-state index in [0.29, 0.717) is 13.0 Å². The molecule has 0 aromatic heterocycles. The first-order valence-electron chi connectivity index (χ1n) is 11.1. The summed E-state index contributed by atoms with van der Waals surface area (Å²) in [5.41, 5.74) is 1.45. The summed E-state index contributed by atoms with van der Waals surface area (Å²) >= 11 is 0. The van der Waals surface area contributed by atoms with E-state index >= 15 is 0 Å². The van der Waals surface area contributed by atoms with Crippen LogP contribution >= 0.6 is 0 Å². The van der Waals surface area contributed by atoms with Gasteiger partial charge < -0.3 is 10.1 Å². The minimum absolute atomic E-state index is 0.0163. The average Bonchev–Trinajstić information content (AvgIpc) is 2.65. The van der Waals surface area contributed by atoms with Gasteiger partial charge in [-0.15, -0.1) is 13.2 Å². The number of benzene rings is 1. The van der Waals surface area contributed by atoms with Crippen LogP contribution in [0, 0.1) is 5.92 Å². The smallest absolute Gasteiger partial charge is 0.444 e. The Morgan fingerprint density at radius 2 is 1.71 bits per heavy atom. The molecule has 1 amide bonds. The molecule has 1 aliphatic heterocycles. The van der Waals surface area contributed by atoms with E-state index < -0.39 is 22.7 Å². The van der Waals surface area contributed by atoms with Crippen LogP contribution in [0.5, 0.6) is 0 Å². The third kappa shape index (κ3) is 6.35. The number of quaternary nitrogens is 1. The van der Waals surface area contributed by atoms with E-state index in [2.05, 4.69) is 5.32 Å². The summed E-state index contributed by atoms with van der Waals surface area (Å²) in [5.74, 6) is 0.0873. The number of carbonyl (C=O) groups is 1. The molecule has 0 bridgehead atoms. The highest BCUT2D eigenvalue weighted by Crippen LogP contribution is 2.40. The Morgan fingerprint density at radius 3 is 2.29 bits per heavy atom. The van der Waals surface area contributed by atoms with Crippen LogP contribution in [0.4, 0.5) is 18.0 Å². The lowest BCUT2D eigenvalue weighted by Crippen LogP contribution is -2.61. The molecule has 1 heterocycles. The third-order valence-corrected chi connectivity index (χ3v) is 6.52. The number of nitrogens with zero attached hydrogens (tertiary/aromatic N) is 1. The predicted molar refractivity (Wildman–Crippen MR) is 111 cm³/mol. The molecule has 1 fully saturated rings. The molecule has 1 aromatic carbocycles. The van der Waals surface area contributed by atoms with E-state index in [4.69, 9.17) is 9.57 Å². The highest BCUT2D eigenvalue weighted by Gasteiger charge is 2.52. The van der Waals surface area contributed by atoms with Crippen molar-refractivity contribution in [2.24, 2.45) is 5.92 Å². The Labute approximate surface area is 182 Å². The van der Waals surface area contributed by atoms with E-state index in [9.17, 15) is 18.0 Å². The number of rotatable bonds is 4. The Bertz CT molecular complexity index is 770. The second-order valence-electron chi connectivity index (χ2n) is 9.89. The van der Waals surface area contributed by atoms with Crippen molar-refractivity contribution in [2.75, 3.05) is 6.54 Å². The number of carbonyl (C=O) groups excluding carboxylic acids is 1. The van der Waals surface area contributed by atoms with Crippen LogP contribution in [0.1, 0.15) is 64.5 Å². The minimum atomic E-state index is -4.70. The molecule has 1 N–H and O–H groups in total. The zero-order chi connectivity index (χ0) is 22.9. The van der Waals surface area contributed by atoms with Gasteiger partial charge >= 0.3 is 12.5 Å². The maximum atomic E-state index is 13.4. The van der Waals surface area contributed by atoms with Crippen LogP contribution in [-0.2, 0) is 22.5 Å². The topological polar surface area (TPSA) is 47.6 Å². The molecular weight excluding hydrogens is 409 g/mol. The lowest BCUT2D eigenvalue weighted by atomic mass is 9.80. The third-order valence-electron chi connectivity index (χ3n) is 6.52. The molecule has 3 rings (SSSR count). The van der Waals surface area contributed by atoms with Crippen molar-refractivity contribution >= 4 is 6.09 Å². The molecule has 2 aliphatic rings. The molecule has 0 spiro atoms. The summed E-state index contributed by atoms with van der Waals surface area (Å²) in [6.07, 6.45) is -1.66. The molecule has 1 aliphatic carbocycles. The van der Waals surface area contributed by atoms with Gasteiger partial charge in [-0.25, -0.2) is 4.79 Å². The van der Waals surface area contributed by atoms with Crippen LogP contribution < -0.4 is 5.32 Å². The molecule has 0 saturated heterocycles. The second kappa shape index (κ2) is 8.98. The summed E-state index contributed by atoms with van der Waals surface area (Å²) in [5, 5.41) is 2.90. The van der Waals surface area contributed by atoms with E-state index in [1.807, 2.05) is 52.0 Å². The maximum absolute atomic E-state index is 13.4. The number of alkyl carbamates (subject to hydrolysis) is 1. The number of hydroxylamine groups is 3. The van der Waals surface area contributed by atoms with Crippen LogP contribution in [0.2, 0.25) is 0 Å². The zero-order valence-corrected chi connectivity index (χ0v) is 18.8. The van der Waals surface area contributed by atoms with Gasteiger partial charge in [-0.2, -0.15) is 4.65 Å². The molecule has 1 saturated carbocycles. The Balaban J connectivity index is 1.67. The van der Waals surface area contributed by atoms with Crippen molar-refractivity contribution < 1.29 is 32.2 Å². The standard InChI is InChI=1S/C23H33F3N2O3/c1-16(17-9-11-20(12-10-17)27-21(29)30-22(2,3)4)28(31-23(24,25)26)14-13-18-7-5-6-8-19(18)15-28/h5-8,16-17,20H,9-15H2,1-4H3/p+1. The van der Waals surface area contributed by atoms with Crippen molar-refractivity contribution in [2.45, 2.75) is 90.4 Å². The van der Waals surface area contributed by atoms with Gasteiger partial charge in [-0.05, 0) is 58.9 Å². The molecule has 2 unspecified atom stereocenters. The van der Waals surface area contributed by atoms with Gasteiger partial charge in [0.05, 0.1) is 0 Å². The molecular formula is C23H34F3N2O3+. The van der Waals surface area contributed by atoms with Crippen molar-refractivity contribution in [1.82, 2.24) is 5.32 Å². The lowest BCUT2D eigenvalue weighted by Gasteiger charge is -2.46. The van der Waals surface area contributed by atoms with E-state index in [1.54, 1.807) is 0 Å². The fourth-order valence-corrected chi connectivity index (χ4v) is 4.95. The van der Waals surface area contributed by atoms with E-state index in [0.717, 1.165) is 36.8 Å². The quantitative estimate of drug-likeness (QED) is 0.627. The van der Waals surface area contributed by atoms with Gasteiger partial charge in [-0.1, -0.05) is 29.1 Å². The zero-order valence-electron chi connectivity index (χ0n) is 18.8. The SMILES string of the molecule is CC(C1CCC(NC(=O)OC(C)(C)C)CC1)[N+]1(OC(F)(F)F)CCc2ccccc2C1. The lowest BCUT2D eigenvalue weighted by molar-refractivity contribution is -1.16.